The van der Waals surface area contributed by atoms with Crippen LogP contribution in [-0.2, 0) is 0 Å². The van der Waals surface area contributed by atoms with Crippen LogP contribution in [0.1, 0.15) is 13.3 Å². The van der Waals surface area contributed by atoms with Crippen LogP contribution in [0.25, 0.3) is 0 Å². The number of hydrogen-bond acceptors (Lipinski definition) is 2. The molecular formula is C5H13NO. The normalized spacial score (nSPS) is 14.1. The molecule has 0 heterocycles. The Hall–Kier alpha value is -0.0800. The van der Waals surface area contributed by atoms with Gasteiger partial charge in [0.2, 0.25) is 0 Å². The fourth-order valence-corrected chi connectivity index (χ4v) is 0.380. The third kappa shape index (κ3) is 3.76. The van der Waals surface area contributed by atoms with Gasteiger partial charge < -0.3 is 10.4 Å². The van der Waals surface area contributed by atoms with Crippen molar-refractivity contribution in [1.82, 2.24) is 5.32 Å². The summed E-state index contributed by atoms with van der Waals surface area (Å²) in [7, 11) is 1.83. The van der Waals surface area contributed by atoms with E-state index < -0.39 is 0 Å². The van der Waals surface area contributed by atoms with Gasteiger partial charge in [-0.3, -0.25) is 0 Å². The molecule has 0 aliphatic rings. The summed E-state index contributed by atoms with van der Waals surface area (Å²) in [5.74, 6) is 0. The van der Waals surface area contributed by atoms with Crippen LogP contribution in [0, 0.1) is 0 Å². The summed E-state index contributed by atoms with van der Waals surface area (Å²) in [6.07, 6.45) is 0.672. The lowest BCUT2D eigenvalue weighted by atomic mass is 10.3. The quantitative estimate of drug-likeness (QED) is 0.526. The SMILES string of the molecule is CC[C@H](O)CNC. The molecule has 0 fully saturated rings. The predicted molar refractivity (Wildman–Crippen MR) is 30.2 cm³/mol. The zero-order valence-electron chi connectivity index (χ0n) is 4.94. The van der Waals surface area contributed by atoms with E-state index in [1.807, 2.05) is 14.0 Å². The minimum atomic E-state index is -0.162. The second-order valence-electron chi connectivity index (χ2n) is 1.62. The molecule has 7 heavy (non-hydrogen) atoms. The lowest BCUT2D eigenvalue weighted by Crippen LogP contribution is -2.22. The zero-order chi connectivity index (χ0) is 5.70. The highest BCUT2D eigenvalue weighted by Crippen LogP contribution is 1.83. The van der Waals surface area contributed by atoms with Gasteiger partial charge in [-0.1, -0.05) is 6.92 Å². The first-order chi connectivity index (χ1) is 3.31. The van der Waals surface area contributed by atoms with Gasteiger partial charge in [0.15, 0.2) is 0 Å². The molecule has 0 rings (SSSR count). The second-order valence-corrected chi connectivity index (χ2v) is 1.62. The Morgan fingerprint density at radius 3 is 2.43 bits per heavy atom. The standard InChI is InChI=1S/C5H13NO/c1-3-5(7)4-6-2/h5-7H,3-4H2,1-2H3/t5-/m0/s1. The van der Waals surface area contributed by atoms with E-state index in [1.54, 1.807) is 0 Å². The van der Waals surface area contributed by atoms with E-state index in [0.29, 0.717) is 6.54 Å². The van der Waals surface area contributed by atoms with Crippen LogP contribution in [0.2, 0.25) is 0 Å². The Morgan fingerprint density at radius 1 is 1.71 bits per heavy atom. The number of rotatable bonds is 3. The van der Waals surface area contributed by atoms with E-state index >= 15 is 0 Å². The van der Waals surface area contributed by atoms with Crippen molar-refractivity contribution in [1.29, 1.82) is 0 Å². The summed E-state index contributed by atoms with van der Waals surface area (Å²) in [5.41, 5.74) is 0. The highest BCUT2D eigenvalue weighted by molar-refractivity contribution is 4.51. The third-order valence-electron chi connectivity index (χ3n) is 0.911. The molecule has 0 radical (unpaired) electrons. The van der Waals surface area contributed by atoms with Crippen LogP contribution in [0.3, 0.4) is 0 Å². The minimum Gasteiger partial charge on any atom is -0.392 e. The average molecular weight is 103 g/mol. The predicted octanol–water partition coefficient (Wildman–Crippen LogP) is -0.0233. The topological polar surface area (TPSA) is 32.3 Å². The maximum atomic E-state index is 8.80. The molecule has 0 bridgehead atoms. The molecule has 0 unspecified atom stereocenters. The molecule has 0 aromatic heterocycles. The lowest BCUT2D eigenvalue weighted by molar-refractivity contribution is 0.170. The molecule has 0 saturated carbocycles. The molecule has 44 valence electrons. The van der Waals surface area contributed by atoms with Gasteiger partial charge in [-0.2, -0.15) is 0 Å². The molecule has 0 aromatic rings. The Bertz CT molecular complexity index is 39.1. The summed E-state index contributed by atoms with van der Waals surface area (Å²) >= 11 is 0. The third-order valence-corrected chi connectivity index (χ3v) is 0.911. The average Bonchev–Trinajstić information content (AvgIpc) is 1.68. The van der Waals surface area contributed by atoms with Crippen LogP contribution >= 0.6 is 0 Å². The van der Waals surface area contributed by atoms with Gasteiger partial charge in [-0.05, 0) is 13.5 Å². The van der Waals surface area contributed by atoms with E-state index in [-0.39, 0.29) is 6.10 Å². The van der Waals surface area contributed by atoms with E-state index in [4.69, 9.17) is 5.11 Å². The van der Waals surface area contributed by atoms with Crippen LogP contribution in [0.5, 0.6) is 0 Å². The highest BCUT2D eigenvalue weighted by atomic mass is 16.3. The fourth-order valence-electron chi connectivity index (χ4n) is 0.380. The van der Waals surface area contributed by atoms with E-state index in [1.165, 1.54) is 0 Å². The monoisotopic (exact) mass is 103 g/mol. The fraction of sp³-hybridized carbons (Fsp3) is 1.00. The largest absolute Gasteiger partial charge is 0.392 e. The molecule has 1 atom stereocenters. The Labute approximate surface area is 44.5 Å². The van der Waals surface area contributed by atoms with Crippen LogP contribution in [-0.4, -0.2) is 24.8 Å². The smallest absolute Gasteiger partial charge is 0.0661 e. The molecule has 0 aliphatic carbocycles. The minimum absolute atomic E-state index is 0.162. The number of hydrogen-bond donors (Lipinski definition) is 2. The van der Waals surface area contributed by atoms with E-state index in [2.05, 4.69) is 5.32 Å². The summed E-state index contributed by atoms with van der Waals surface area (Å²) < 4.78 is 0. The molecule has 2 nitrogen and oxygen atoms in total. The van der Waals surface area contributed by atoms with Crippen molar-refractivity contribution >= 4 is 0 Å². The first kappa shape index (κ1) is 6.92. The van der Waals surface area contributed by atoms with Crippen molar-refractivity contribution in [2.75, 3.05) is 13.6 Å². The van der Waals surface area contributed by atoms with Gasteiger partial charge in [0.25, 0.3) is 0 Å². The Kier molecular flexibility index (Phi) is 4.04. The number of likely N-dealkylation sites (N-methyl/N-ethyl adjacent to an activating group) is 1. The summed E-state index contributed by atoms with van der Waals surface area (Å²) in [4.78, 5) is 0. The molecule has 2 N–H and O–H groups in total. The van der Waals surface area contributed by atoms with Crippen molar-refractivity contribution in [2.45, 2.75) is 19.4 Å². The van der Waals surface area contributed by atoms with Gasteiger partial charge >= 0.3 is 0 Å². The maximum Gasteiger partial charge on any atom is 0.0661 e. The summed E-state index contributed by atoms with van der Waals surface area (Å²) in [5, 5.41) is 11.7. The van der Waals surface area contributed by atoms with Crippen LogP contribution in [0.15, 0.2) is 0 Å². The van der Waals surface area contributed by atoms with Crippen molar-refractivity contribution in [3.05, 3.63) is 0 Å². The molecule has 0 aliphatic heterocycles. The van der Waals surface area contributed by atoms with Gasteiger partial charge in [0.1, 0.15) is 0 Å². The molecule has 0 aromatic carbocycles. The maximum absolute atomic E-state index is 8.80. The van der Waals surface area contributed by atoms with Crippen molar-refractivity contribution in [2.24, 2.45) is 0 Å². The van der Waals surface area contributed by atoms with Crippen LogP contribution in [0.4, 0.5) is 0 Å². The van der Waals surface area contributed by atoms with Crippen LogP contribution < -0.4 is 5.32 Å². The van der Waals surface area contributed by atoms with Gasteiger partial charge in [-0.15, -0.1) is 0 Å². The molecule has 0 amide bonds. The first-order valence-corrected chi connectivity index (χ1v) is 2.64. The second kappa shape index (κ2) is 4.09. The molecule has 0 saturated heterocycles. The van der Waals surface area contributed by atoms with Crippen molar-refractivity contribution in [3.8, 4) is 0 Å². The Balaban J connectivity index is 2.83. The lowest BCUT2D eigenvalue weighted by Gasteiger charge is -2.03. The molecular weight excluding hydrogens is 90.1 g/mol. The van der Waals surface area contributed by atoms with Crippen molar-refractivity contribution in [3.63, 3.8) is 0 Å². The molecule has 2 heteroatoms. The number of aliphatic hydroxyl groups excluding tert-OH is 1. The summed E-state index contributed by atoms with van der Waals surface area (Å²) in [6, 6.07) is 0. The van der Waals surface area contributed by atoms with E-state index in [0.717, 1.165) is 6.42 Å². The number of nitrogens with one attached hydrogen (secondary N) is 1. The highest BCUT2D eigenvalue weighted by Gasteiger charge is 1.93. The van der Waals surface area contributed by atoms with Crippen molar-refractivity contribution < 1.29 is 5.11 Å². The first-order valence-electron chi connectivity index (χ1n) is 2.64. The zero-order valence-corrected chi connectivity index (χ0v) is 4.94. The van der Waals surface area contributed by atoms with Gasteiger partial charge in [-0.25, -0.2) is 0 Å². The number of aliphatic hydroxyl groups is 1. The molecule has 0 spiro atoms. The van der Waals surface area contributed by atoms with E-state index in [9.17, 15) is 0 Å². The van der Waals surface area contributed by atoms with Gasteiger partial charge in [0.05, 0.1) is 6.10 Å². The van der Waals surface area contributed by atoms with Gasteiger partial charge in [0, 0.05) is 6.54 Å². The Morgan fingerprint density at radius 2 is 2.29 bits per heavy atom. The summed E-state index contributed by atoms with van der Waals surface area (Å²) in [6.45, 7) is 2.67.